The van der Waals surface area contributed by atoms with Gasteiger partial charge >= 0.3 is 6.09 Å². The minimum absolute atomic E-state index is 0.153. The van der Waals surface area contributed by atoms with Gasteiger partial charge in [-0.1, -0.05) is 30.3 Å². The number of aromatic nitrogens is 2. The van der Waals surface area contributed by atoms with Crippen LogP contribution in [0.5, 0.6) is 0 Å². The van der Waals surface area contributed by atoms with Gasteiger partial charge in [-0.05, 0) is 24.8 Å². The highest BCUT2D eigenvalue weighted by molar-refractivity contribution is 5.85. The van der Waals surface area contributed by atoms with E-state index in [1.165, 1.54) is 0 Å². The number of hydrogen-bond donors (Lipinski definition) is 2. The van der Waals surface area contributed by atoms with Crippen LogP contribution in [0.3, 0.4) is 0 Å². The topological polar surface area (TPSA) is 85.6 Å². The van der Waals surface area contributed by atoms with E-state index in [4.69, 9.17) is 9.47 Å². The number of carbonyl (C=O) groups is 1. The summed E-state index contributed by atoms with van der Waals surface area (Å²) in [5.74, 6) is 0. The van der Waals surface area contributed by atoms with Crippen molar-refractivity contribution < 1.29 is 19.4 Å². The molecule has 1 amide bonds. The second-order valence-corrected chi connectivity index (χ2v) is 5.64. The third-order valence-electron chi connectivity index (χ3n) is 3.86. The lowest BCUT2D eigenvalue weighted by Crippen LogP contribution is -2.18. The summed E-state index contributed by atoms with van der Waals surface area (Å²) in [5.41, 5.74) is 1.73. The Kier molecular flexibility index (Phi) is 5.45. The predicted octanol–water partition coefficient (Wildman–Crippen LogP) is 2.82. The maximum absolute atomic E-state index is 12.0. The minimum atomic E-state index is -0.585. The summed E-state index contributed by atoms with van der Waals surface area (Å²) in [6.07, 6.45) is 3.91. The number of nitrogens with one attached hydrogen (secondary N) is 1. The number of ether oxygens (including phenoxy) is 2. The Labute approximate surface area is 140 Å². The molecule has 7 nitrogen and oxygen atoms in total. The van der Waals surface area contributed by atoms with Crippen molar-refractivity contribution in [2.45, 2.75) is 38.7 Å². The van der Waals surface area contributed by atoms with Gasteiger partial charge in [0.1, 0.15) is 18.5 Å². The number of aliphatic hydroxyl groups is 1. The molecule has 1 fully saturated rings. The van der Waals surface area contributed by atoms with Crippen molar-refractivity contribution >= 4 is 11.8 Å². The van der Waals surface area contributed by atoms with Crippen molar-refractivity contribution in [1.29, 1.82) is 0 Å². The van der Waals surface area contributed by atoms with E-state index in [0.29, 0.717) is 18.0 Å². The van der Waals surface area contributed by atoms with E-state index in [2.05, 4.69) is 10.4 Å². The molecule has 3 rings (SSSR count). The lowest BCUT2D eigenvalue weighted by Gasteiger charge is -2.22. The van der Waals surface area contributed by atoms with Crippen LogP contribution < -0.4 is 5.32 Å². The van der Waals surface area contributed by atoms with E-state index >= 15 is 0 Å². The van der Waals surface area contributed by atoms with Gasteiger partial charge in [-0.2, -0.15) is 5.10 Å². The Hall–Kier alpha value is -2.38. The second-order valence-electron chi connectivity index (χ2n) is 5.64. The van der Waals surface area contributed by atoms with Crippen LogP contribution >= 0.6 is 0 Å². The molecular formula is C17H21N3O4. The molecule has 0 saturated carbocycles. The second kappa shape index (κ2) is 7.94. The van der Waals surface area contributed by atoms with Gasteiger partial charge in [0.2, 0.25) is 0 Å². The van der Waals surface area contributed by atoms with Gasteiger partial charge in [-0.25, -0.2) is 9.48 Å². The maximum atomic E-state index is 12.0. The highest BCUT2D eigenvalue weighted by atomic mass is 16.5. The summed E-state index contributed by atoms with van der Waals surface area (Å²) in [4.78, 5) is 12.0. The summed E-state index contributed by atoms with van der Waals surface area (Å²) < 4.78 is 12.5. The normalized spacial score (nSPS) is 17.5. The molecule has 0 bridgehead atoms. The van der Waals surface area contributed by atoms with Crippen molar-refractivity contribution in [2.75, 3.05) is 11.9 Å². The summed E-state index contributed by atoms with van der Waals surface area (Å²) >= 11 is 0. The van der Waals surface area contributed by atoms with Gasteiger partial charge in [-0.15, -0.1) is 0 Å². The van der Waals surface area contributed by atoms with Crippen molar-refractivity contribution in [3.05, 3.63) is 47.8 Å². The van der Waals surface area contributed by atoms with Gasteiger partial charge in [0.15, 0.2) is 0 Å². The van der Waals surface area contributed by atoms with Crippen molar-refractivity contribution in [1.82, 2.24) is 9.78 Å². The average Bonchev–Trinajstić information content (AvgIpc) is 3.04. The molecule has 7 heteroatoms. The van der Waals surface area contributed by atoms with Crippen LogP contribution in [0.4, 0.5) is 10.5 Å². The number of rotatable bonds is 5. The Balaban J connectivity index is 1.61. The highest BCUT2D eigenvalue weighted by Gasteiger charge is 2.20. The third-order valence-corrected chi connectivity index (χ3v) is 3.86. The van der Waals surface area contributed by atoms with Crippen molar-refractivity contribution in [3.8, 4) is 0 Å². The molecular weight excluding hydrogens is 310 g/mol. The first kappa shape index (κ1) is 16.5. The number of anilines is 1. The first-order chi connectivity index (χ1) is 11.8. The van der Waals surface area contributed by atoms with E-state index < -0.39 is 6.09 Å². The number of nitrogens with zero attached hydrogens (tertiary/aromatic N) is 2. The van der Waals surface area contributed by atoms with E-state index in [9.17, 15) is 9.90 Å². The van der Waals surface area contributed by atoms with Gasteiger partial charge in [-0.3, -0.25) is 5.32 Å². The van der Waals surface area contributed by atoms with Crippen molar-refractivity contribution in [2.24, 2.45) is 0 Å². The average molecular weight is 331 g/mol. The summed E-state index contributed by atoms with van der Waals surface area (Å²) in [7, 11) is 0. The first-order valence-electron chi connectivity index (χ1n) is 8.04. The lowest BCUT2D eigenvalue weighted by molar-refractivity contribution is -0.0398. The van der Waals surface area contributed by atoms with E-state index in [-0.39, 0.29) is 19.4 Å². The minimum Gasteiger partial charge on any atom is -0.444 e. The van der Waals surface area contributed by atoms with E-state index in [0.717, 1.165) is 24.8 Å². The number of carbonyl (C=O) groups excluding carboxylic acids is 1. The van der Waals surface area contributed by atoms with Crippen LogP contribution in [-0.4, -0.2) is 27.6 Å². The zero-order chi connectivity index (χ0) is 16.8. The van der Waals surface area contributed by atoms with Gasteiger partial charge in [0.25, 0.3) is 0 Å². The Morgan fingerprint density at radius 1 is 1.38 bits per heavy atom. The largest absolute Gasteiger partial charge is 0.444 e. The van der Waals surface area contributed by atoms with Crippen LogP contribution in [0.15, 0.2) is 36.5 Å². The molecule has 1 aromatic heterocycles. The summed E-state index contributed by atoms with van der Waals surface area (Å²) in [6, 6.07) is 9.43. The molecule has 1 aliphatic rings. The third kappa shape index (κ3) is 4.12. The van der Waals surface area contributed by atoms with Crippen LogP contribution in [-0.2, 0) is 22.7 Å². The number of aliphatic hydroxyl groups excluding tert-OH is 1. The monoisotopic (exact) mass is 331 g/mol. The molecule has 0 radical (unpaired) electrons. The summed E-state index contributed by atoms with van der Waals surface area (Å²) in [5, 5.41) is 16.4. The van der Waals surface area contributed by atoms with Crippen LogP contribution in [0.1, 0.15) is 36.7 Å². The fourth-order valence-corrected chi connectivity index (χ4v) is 2.60. The quantitative estimate of drug-likeness (QED) is 0.880. The standard InChI is InChI=1S/C17H21N3O4/c21-11-15-14(10-20(19-15)16-8-4-5-9-23-16)18-17(22)24-12-13-6-2-1-3-7-13/h1-3,6-7,10,16,21H,4-5,8-9,11-12H2,(H,18,22). The van der Waals surface area contributed by atoms with Crippen LogP contribution in [0, 0.1) is 0 Å². The molecule has 0 aliphatic carbocycles. The number of benzene rings is 1. The molecule has 1 aliphatic heterocycles. The molecule has 128 valence electrons. The maximum Gasteiger partial charge on any atom is 0.412 e. The number of hydrogen-bond acceptors (Lipinski definition) is 5. The van der Waals surface area contributed by atoms with Crippen molar-refractivity contribution in [3.63, 3.8) is 0 Å². The van der Waals surface area contributed by atoms with Crippen LogP contribution in [0.2, 0.25) is 0 Å². The Bertz CT molecular complexity index is 666. The zero-order valence-electron chi connectivity index (χ0n) is 13.4. The molecule has 0 spiro atoms. The van der Waals surface area contributed by atoms with Gasteiger partial charge in [0.05, 0.1) is 18.5 Å². The molecule has 1 saturated heterocycles. The first-order valence-corrected chi connectivity index (χ1v) is 8.04. The lowest BCUT2D eigenvalue weighted by atomic mass is 10.2. The molecule has 2 N–H and O–H groups in total. The molecule has 1 atom stereocenters. The molecule has 1 aromatic carbocycles. The van der Waals surface area contributed by atoms with E-state index in [1.54, 1.807) is 10.9 Å². The summed E-state index contributed by atoms with van der Waals surface area (Å²) in [6.45, 7) is 0.607. The van der Waals surface area contributed by atoms with Gasteiger partial charge < -0.3 is 14.6 Å². The zero-order valence-corrected chi connectivity index (χ0v) is 13.4. The molecule has 2 aromatic rings. The van der Waals surface area contributed by atoms with Gasteiger partial charge in [0, 0.05) is 6.61 Å². The number of amides is 1. The Morgan fingerprint density at radius 3 is 2.92 bits per heavy atom. The fraction of sp³-hybridized carbons (Fsp3) is 0.412. The van der Waals surface area contributed by atoms with Crippen LogP contribution in [0.25, 0.3) is 0 Å². The fourth-order valence-electron chi connectivity index (χ4n) is 2.60. The Morgan fingerprint density at radius 2 is 2.21 bits per heavy atom. The molecule has 24 heavy (non-hydrogen) atoms. The molecule has 1 unspecified atom stereocenters. The van der Waals surface area contributed by atoms with E-state index in [1.807, 2.05) is 30.3 Å². The highest BCUT2D eigenvalue weighted by Crippen LogP contribution is 2.25. The SMILES string of the molecule is O=C(Nc1cn(C2CCCCO2)nc1CO)OCc1ccccc1. The molecule has 2 heterocycles. The predicted molar refractivity (Wildman–Crippen MR) is 87.2 cm³/mol. The smallest absolute Gasteiger partial charge is 0.412 e.